The summed E-state index contributed by atoms with van der Waals surface area (Å²) in [7, 11) is 0. The van der Waals surface area contributed by atoms with Gasteiger partial charge in [0.15, 0.2) is 4.77 Å². The number of fused-ring (bicyclic) bond motifs is 1. The molecule has 1 aromatic heterocycles. The first-order chi connectivity index (χ1) is 10.1. The number of aromatic amines is 1. The Kier molecular flexibility index (Phi) is 4.36. The fraction of sp³-hybridized carbons (Fsp3) is 0.562. The summed E-state index contributed by atoms with van der Waals surface area (Å²) >= 11 is 11.2. The predicted octanol–water partition coefficient (Wildman–Crippen LogP) is 5.71. The monoisotopic (exact) mass is 326 g/mol. The molecule has 0 bridgehead atoms. The lowest BCUT2D eigenvalue weighted by Gasteiger charge is -2.28. The minimum Gasteiger partial charge on any atom is -0.331 e. The van der Waals surface area contributed by atoms with Crippen molar-refractivity contribution in [3.63, 3.8) is 0 Å². The van der Waals surface area contributed by atoms with Crippen LogP contribution < -0.4 is 0 Å². The molecule has 1 heterocycles. The van der Waals surface area contributed by atoms with E-state index in [-0.39, 0.29) is 10.8 Å². The van der Waals surface area contributed by atoms with E-state index >= 15 is 0 Å². The van der Waals surface area contributed by atoms with E-state index in [0.29, 0.717) is 10.7 Å². The van der Waals surface area contributed by atoms with E-state index in [0.717, 1.165) is 23.5 Å². The third-order valence-corrected chi connectivity index (χ3v) is 5.41. The molecule has 0 aliphatic heterocycles. The first-order valence-corrected chi connectivity index (χ1v) is 8.44. The first-order valence-electron chi connectivity index (χ1n) is 7.66. The quantitative estimate of drug-likeness (QED) is 0.717. The zero-order chi connectivity index (χ0) is 15.0. The summed E-state index contributed by atoms with van der Waals surface area (Å²) in [5.41, 5.74) is 1.63. The number of imidazole rings is 1. The van der Waals surface area contributed by atoms with Crippen LogP contribution in [-0.4, -0.2) is 9.55 Å². The van der Waals surface area contributed by atoms with E-state index in [2.05, 4.69) is 11.9 Å². The second kappa shape index (κ2) is 6.09. The minimum absolute atomic E-state index is 0.134. The summed E-state index contributed by atoms with van der Waals surface area (Å²) in [6, 6.07) is 3.11. The maximum absolute atomic E-state index is 13.7. The SMILES string of the molecule is CCC1CCC(Cn2c(=S)[nH]c3cc(Cl)c(F)cc32)CC1. The van der Waals surface area contributed by atoms with Gasteiger partial charge in [0.25, 0.3) is 0 Å². The molecule has 1 fully saturated rings. The lowest BCUT2D eigenvalue weighted by atomic mass is 9.81. The van der Waals surface area contributed by atoms with Gasteiger partial charge in [0, 0.05) is 12.6 Å². The molecule has 0 saturated heterocycles. The van der Waals surface area contributed by atoms with E-state index in [1.165, 1.54) is 38.2 Å². The Bertz CT molecular complexity index is 698. The van der Waals surface area contributed by atoms with Crippen LogP contribution in [0.15, 0.2) is 12.1 Å². The van der Waals surface area contributed by atoms with Crippen LogP contribution in [0.4, 0.5) is 4.39 Å². The Balaban J connectivity index is 1.86. The molecule has 114 valence electrons. The van der Waals surface area contributed by atoms with Crippen molar-refractivity contribution in [2.75, 3.05) is 0 Å². The topological polar surface area (TPSA) is 20.7 Å². The Morgan fingerprint density at radius 1 is 1.29 bits per heavy atom. The van der Waals surface area contributed by atoms with Crippen molar-refractivity contribution in [1.82, 2.24) is 9.55 Å². The predicted molar refractivity (Wildman–Crippen MR) is 87.8 cm³/mol. The molecule has 1 aliphatic carbocycles. The number of nitrogens with zero attached hydrogens (tertiary/aromatic N) is 1. The Morgan fingerprint density at radius 3 is 2.62 bits per heavy atom. The van der Waals surface area contributed by atoms with Gasteiger partial charge < -0.3 is 9.55 Å². The second-order valence-corrected chi connectivity index (χ2v) is 6.91. The van der Waals surface area contributed by atoms with Gasteiger partial charge in [-0.3, -0.25) is 0 Å². The van der Waals surface area contributed by atoms with Gasteiger partial charge in [0.05, 0.1) is 16.1 Å². The maximum atomic E-state index is 13.7. The minimum atomic E-state index is -0.387. The highest BCUT2D eigenvalue weighted by Gasteiger charge is 2.21. The van der Waals surface area contributed by atoms with Gasteiger partial charge in [-0.2, -0.15) is 0 Å². The van der Waals surface area contributed by atoms with Gasteiger partial charge >= 0.3 is 0 Å². The van der Waals surface area contributed by atoms with Crippen LogP contribution in [0.25, 0.3) is 11.0 Å². The van der Waals surface area contributed by atoms with Crippen molar-refractivity contribution in [2.24, 2.45) is 11.8 Å². The van der Waals surface area contributed by atoms with Gasteiger partial charge in [-0.15, -0.1) is 0 Å². The van der Waals surface area contributed by atoms with Crippen LogP contribution >= 0.6 is 23.8 Å². The van der Waals surface area contributed by atoms with Crippen molar-refractivity contribution >= 4 is 34.9 Å². The maximum Gasteiger partial charge on any atom is 0.178 e. The van der Waals surface area contributed by atoms with Crippen molar-refractivity contribution in [2.45, 2.75) is 45.6 Å². The van der Waals surface area contributed by atoms with Crippen LogP contribution in [0.1, 0.15) is 39.0 Å². The zero-order valence-electron chi connectivity index (χ0n) is 12.2. The van der Waals surface area contributed by atoms with Gasteiger partial charge in [-0.05, 0) is 43.0 Å². The Morgan fingerprint density at radius 2 is 1.95 bits per heavy atom. The molecule has 0 amide bonds. The number of aromatic nitrogens is 2. The number of halogens is 2. The number of nitrogens with one attached hydrogen (secondary N) is 1. The van der Waals surface area contributed by atoms with Crippen molar-refractivity contribution < 1.29 is 4.39 Å². The van der Waals surface area contributed by atoms with E-state index in [9.17, 15) is 4.39 Å². The number of hydrogen-bond donors (Lipinski definition) is 1. The smallest absolute Gasteiger partial charge is 0.178 e. The van der Waals surface area contributed by atoms with Gasteiger partial charge in [-0.25, -0.2) is 4.39 Å². The molecular weight excluding hydrogens is 307 g/mol. The molecule has 1 N–H and O–H groups in total. The van der Waals surface area contributed by atoms with Crippen LogP contribution in [0.3, 0.4) is 0 Å². The van der Waals surface area contributed by atoms with Crippen LogP contribution in [0.2, 0.25) is 5.02 Å². The number of rotatable bonds is 3. The molecule has 0 unspecified atom stereocenters. The van der Waals surface area contributed by atoms with Gasteiger partial charge in [0.1, 0.15) is 5.82 Å². The average Bonchev–Trinajstić information content (AvgIpc) is 2.76. The molecular formula is C16H20ClFN2S. The highest BCUT2D eigenvalue weighted by Crippen LogP contribution is 2.32. The lowest BCUT2D eigenvalue weighted by molar-refractivity contribution is 0.248. The summed E-state index contributed by atoms with van der Waals surface area (Å²) in [5, 5.41) is 0.134. The number of benzene rings is 1. The van der Waals surface area contributed by atoms with Crippen LogP contribution in [0, 0.1) is 22.4 Å². The molecule has 5 heteroatoms. The molecule has 2 aromatic rings. The van der Waals surface area contributed by atoms with Crippen LogP contribution in [0.5, 0.6) is 0 Å². The molecule has 0 spiro atoms. The summed E-state index contributed by atoms with van der Waals surface area (Å²) in [5.74, 6) is 1.13. The molecule has 0 atom stereocenters. The fourth-order valence-corrected chi connectivity index (χ4v) is 3.86. The summed E-state index contributed by atoms with van der Waals surface area (Å²) in [6.07, 6.45) is 6.36. The molecule has 3 rings (SSSR count). The van der Waals surface area contributed by atoms with E-state index < -0.39 is 0 Å². The standard InChI is InChI=1S/C16H20ClFN2S/c1-2-10-3-5-11(6-4-10)9-20-15-8-13(18)12(17)7-14(15)19-16(20)21/h7-8,10-11H,2-6,9H2,1H3,(H,19,21). The lowest BCUT2D eigenvalue weighted by Crippen LogP contribution is -2.18. The van der Waals surface area contributed by atoms with E-state index in [4.69, 9.17) is 23.8 Å². The number of hydrogen-bond acceptors (Lipinski definition) is 1. The highest BCUT2D eigenvalue weighted by atomic mass is 35.5. The van der Waals surface area contributed by atoms with Crippen molar-refractivity contribution in [3.8, 4) is 0 Å². The van der Waals surface area contributed by atoms with Crippen molar-refractivity contribution in [3.05, 3.63) is 27.7 Å². The summed E-state index contributed by atoms with van der Waals surface area (Å²) < 4.78 is 16.4. The molecule has 1 aromatic carbocycles. The molecule has 2 nitrogen and oxygen atoms in total. The zero-order valence-corrected chi connectivity index (χ0v) is 13.7. The van der Waals surface area contributed by atoms with E-state index in [1.807, 2.05) is 4.57 Å². The highest BCUT2D eigenvalue weighted by molar-refractivity contribution is 7.71. The molecule has 21 heavy (non-hydrogen) atoms. The van der Waals surface area contributed by atoms with Crippen LogP contribution in [-0.2, 0) is 6.54 Å². The van der Waals surface area contributed by atoms with Gasteiger partial charge in [0.2, 0.25) is 0 Å². The van der Waals surface area contributed by atoms with Gasteiger partial charge in [-0.1, -0.05) is 37.8 Å². The van der Waals surface area contributed by atoms with E-state index in [1.54, 1.807) is 6.07 Å². The molecule has 0 radical (unpaired) electrons. The summed E-state index contributed by atoms with van der Waals surface area (Å²) in [6.45, 7) is 3.14. The summed E-state index contributed by atoms with van der Waals surface area (Å²) in [4.78, 5) is 3.13. The Labute approximate surface area is 134 Å². The third kappa shape index (κ3) is 3.02. The second-order valence-electron chi connectivity index (χ2n) is 6.12. The fourth-order valence-electron chi connectivity index (χ4n) is 3.41. The molecule has 1 saturated carbocycles. The molecule has 1 aliphatic rings. The normalized spacial score (nSPS) is 22.8. The number of H-pyrrole nitrogens is 1. The first kappa shape index (κ1) is 15.0. The largest absolute Gasteiger partial charge is 0.331 e. The third-order valence-electron chi connectivity index (χ3n) is 4.80. The average molecular weight is 327 g/mol. The Hall–Kier alpha value is -0.870. The van der Waals surface area contributed by atoms with Crippen molar-refractivity contribution in [1.29, 1.82) is 0 Å².